The van der Waals surface area contributed by atoms with Crippen LogP contribution in [0.3, 0.4) is 0 Å². The van der Waals surface area contributed by atoms with Gasteiger partial charge in [-0.2, -0.15) is 0 Å². The highest BCUT2D eigenvalue weighted by molar-refractivity contribution is 5.77. The van der Waals surface area contributed by atoms with Gasteiger partial charge in [0.1, 0.15) is 17.2 Å². The smallest absolute Gasteiger partial charge is 0.258 e. The number of carbonyl (C=O) groups excluding carboxylic acids is 1. The average Bonchev–Trinajstić information content (AvgIpc) is 3.19. The lowest BCUT2D eigenvalue weighted by atomic mass is 10.2. The van der Waals surface area contributed by atoms with Gasteiger partial charge >= 0.3 is 0 Å². The fourth-order valence-electron chi connectivity index (χ4n) is 2.19. The summed E-state index contributed by atoms with van der Waals surface area (Å²) in [6, 6.07) is 10.6. The topological polar surface area (TPSA) is 86.5 Å². The SMILES string of the molecule is COc1cccc(OCC(=O)NCc2nccnc2-c2ccco2)c1. The van der Waals surface area contributed by atoms with Crippen molar-refractivity contribution in [3.8, 4) is 23.0 Å². The Morgan fingerprint density at radius 1 is 1.16 bits per heavy atom. The number of aromatic nitrogens is 2. The minimum atomic E-state index is -0.265. The Morgan fingerprint density at radius 2 is 2.00 bits per heavy atom. The Morgan fingerprint density at radius 3 is 2.80 bits per heavy atom. The molecule has 0 aliphatic heterocycles. The fraction of sp³-hybridized carbons (Fsp3) is 0.167. The molecule has 0 aliphatic carbocycles. The predicted molar refractivity (Wildman–Crippen MR) is 90.1 cm³/mol. The summed E-state index contributed by atoms with van der Waals surface area (Å²) in [5.41, 5.74) is 1.22. The molecule has 3 aromatic rings. The van der Waals surface area contributed by atoms with Crippen molar-refractivity contribution in [1.29, 1.82) is 0 Å². The van der Waals surface area contributed by atoms with Crippen LogP contribution in [0.1, 0.15) is 5.69 Å². The fourth-order valence-corrected chi connectivity index (χ4v) is 2.19. The second kappa shape index (κ2) is 7.96. The molecule has 7 heteroatoms. The van der Waals surface area contributed by atoms with Crippen molar-refractivity contribution < 1.29 is 18.7 Å². The zero-order chi connectivity index (χ0) is 17.5. The summed E-state index contributed by atoms with van der Waals surface area (Å²) < 4.78 is 15.9. The Labute approximate surface area is 144 Å². The molecule has 0 bridgehead atoms. The molecule has 0 saturated heterocycles. The van der Waals surface area contributed by atoms with E-state index >= 15 is 0 Å². The van der Waals surface area contributed by atoms with Crippen LogP contribution in [0.4, 0.5) is 0 Å². The average molecular weight is 339 g/mol. The van der Waals surface area contributed by atoms with Crippen LogP contribution in [0.5, 0.6) is 11.5 Å². The van der Waals surface area contributed by atoms with Crippen LogP contribution < -0.4 is 14.8 Å². The van der Waals surface area contributed by atoms with Gasteiger partial charge in [0.15, 0.2) is 12.4 Å². The van der Waals surface area contributed by atoms with E-state index in [-0.39, 0.29) is 19.1 Å². The van der Waals surface area contributed by atoms with Crippen molar-refractivity contribution in [3.05, 3.63) is 60.7 Å². The van der Waals surface area contributed by atoms with Gasteiger partial charge < -0.3 is 19.2 Å². The van der Waals surface area contributed by atoms with Crippen molar-refractivity contribution >= 4 is 5.91 Å². The van der Waals surface area contributed by atoms with Crippen LogP contribution in [0.15, 0.2) is 59.5 Å². The first-order chi connectivity index (χ1) is 12.3. The van der Waals surface area contributed by atoms with Crippen molar-refractivity contribution in [3.63, 3.8) is 0 Å². The van der Waals surface area contributed by atoms with E-state index < -0.39 is 0 Å². The summed E-state index contributed by atoms with van der Waals surface area (Å²) >= 11 is 0. The Bertz CT molecular complexity index is 834. The van der Waals surface area contributed by atoms with Crippen LogP contribution in [-0.4, -0.2) is 29.6 Å². The lowest BCUT2D eigenvalue weighted by molar-refractivity contribution is -0.123. The molecule has 3 rings (SSSR count). The summed E-state index contributed by atoms with van der Waals surface area (Å²) in [4.78, 5) is 20.5. The number of benzene rings is 1. The number of nitrogens with one attached hydrogen (secondary N) is 1. The number of rotatable bonds is 7. The highest BCUT2D eigenvalue weighted by Crippen LogP contribution is 2.20. The Balaban J connectivity index is 1.56. The van der Waals surface area contributed by atoms with E-state index in [0.717, 1.165) is 0 Å². The van der Waals surface area contributed by atoms with Gasteiger partial charge in [0.2, 0.25) is 0 Å². The lowest BCUT2D eigenvalue weighted by Gasteiger charge is -2.09. The molecule has 2 aromatic heterocycles. The molecular weight excluding hydrogens is 322 g/mol. The molecule has 0 unspecified atom stereocenters. The second-order valence-corrected chi connectivity index (χ2v) is 5.07. The van der Waals surface area contributed by atoms with Crippen molar-refractivity contribution in [2.75, 3.05) is 13.7 Å². The molecule has 1 amide bonds. The van der Waals surface area contributed by atoms with E-state index in [1.54, 1.807) is 62.2 Å². The number of carbonyl (C=O) groups is 1. The Hall–Kier alpha value is -3.35. The minimum absolute atomic E-state index is 0.108. The highest BCUT2D eigenvalue weighted by atomic mass is 16.5. The van der Waals surface area contributed by atoms with Gasteiger partial charge in [-0.1, -0.05) is 6.07 Å². The first kappa shape index (κ1) is 16.5. The van der Waals surface area contributed by atoms with Crippen LogP contribution in [-0.2, 0) is 11.3 Å². The molecule has 0 radical (unpaired) electrons. The number of hydrogen-bond acceptors (Lipinski definition) is 6. The molecular formula is C18H17N3O4. The molecule has 7 nitrogen and oxygen atoms in total. The van der Waals surface area contributed by atoms with E-state index in [1.165, 1.54) is 0 Å². The molecule has 0 spiro atoms. The monoisotopic (exact) mass is 339 g/mol. The predicted octanol–water partition coefficient (Wildman–Crippen LogP) is 2.44. The van der Waals surface area contributed by atoms with Gasteiger partial charge in [0.25, 0.3) is 5.91 Å². The van der Waals surface area contributed by atoms with E-state index in [4.69, 9.17) is 13.9 Å². The summed E-state index contributed by atoms with van der Waals surface area (Å²) in [7, 11) is 1.57. The number of furan rings is 1. The number of nitrogens with zero attached hydrogens (tertiary/aromatic N) is 2. The van der Waals surface area contributed by atoms with Gasteiger partial charge in [-0.3, -0.25) is 9.78 Å². The largest absolute Gasteiger partial charge is 0.497 e. The lowest BCUT2D eigenvalue weighted by Crippen LogP contribution is -2.29. The van der Waals surface area contributed by atoms with Crippen molar-refractivity contribution in [1.82, 2.24) is 15.3 Å². The third kappa shape index (κ3) is 4.35. The van der Waals surface area contributed by atoms with Crippen LogP contribution in [0, 0.1) is 0 Å². The molecule has 1 N–H and O–H groups in total. The van der Waals surface area contributed by atoms with Crippen LogP contribution >= 0.6 is 0 Å². The maximum atomic E-state index is 12.0. The van der Waals surface area contributed by atoms with Crippen molar-refractivity contribution in [2.24, 2.45) is 0 Å². The molecule has 1 aromatic carbocycles. The normalized spacial score (nSPS) is 10.3. The summed E-state index contributed by atoms with van der Waals surface area (Å²) in [6.45, 7) is 0.119. The molecule has 2 heterocycles. The van der Waals surface area contributed by atoms with Crippen LogP contribution in [0.25, 0.3) is 11.5 Å². The van der Waals surface area contributed by atoms with Gasteiger partial charge in [-0.15, -0.1) is 0 Å². The molecule has 0 aliphatic rings. The number of methoxy groups -OCH3 is 1. The maximum Gasteiger partial charge on any atom is 0.258 e. The number of hydrogen-bond donors (Lipinski definition) is 1. The van der Waals surface area contributed by atoms with E-state index in [9.17, 15) is 4.79 Å². The first-order valence-corrected chi connectivity index (χ1v) is 7.63. The highest BCUT2D eigenvalue weighted by Gasteiger charge is 2.11. The van der Waals surface area contributed by atoms with Gasteiger partial charge in [0.05, 0.1) is 25.6 Å². The third-order valence-corrected chi connectivity index (χ3v) is 3.39. The molecule has 0 atom stereocenters. The van der Waals surface area contributed by atoms with E-state index in [1.807, 2.05) is 0 Å². The molecule has 0 fully saturated rings. The minimum Gasteiger partial charge on any atom is -0.497 e. The van der Waals surface area contributed by atoms with E-state index in [0.29, 0.717) is 28.6 Å². The van der Waals surface area contributed by atoms with Crippen LogP contribution in [0.2, 0.25) is 0 Å². The van der Waals surface area contributed by atoms with Gasteiger partial charge in [0, 0.05) is 18.5 Å². The molecule has 128 valence electrons. The van der Waals surface area contributed by atoms with E-state index in [2.05, 4.69) is 15.3 Å². The Kier molecular flexibility index (Phi) is 5.26. The van der Waals surface area contributed by atoms with Crippen molar-refractivity contribution in [2.45, 2.75) is 6.54 Å². The zero-order valence-corrected chi connectivity index (χ0v) is 13.6. The summed E-state index contributed by atoms with van der Waals surface area (Å²) in [5, 5.41) is 2.76. The third-order valence-electron chi connectivity index (χ3n) is 3.39. The maximum absolute atomic E-state index is 12.0. The summed E-state index contributed by atoms with van der Waals surface area (Å²) in [5.74, 6) is 1.56. The quantitative estimate of drug-likeness (QED) is 0.711. The summed E-state index contributed by atoms with van der Waals surface area (Å²) in [6.07, 6.45) is 4.71. The number of amides is 1. The zero-order valence-electron chi connectivity index (χ0n) is 13.6. The second-order valence-electron chi connectivity index (χ2n) is 5.07. The standard InChI is InChI=1S/C18H17N3O4/c1-23-13-4-2-5-14(10-13)25-12-17(22)21-11-15-18(20-8-7-19-15)16-6-3-9-24-16/h2-10H,11-12H2,1H3,(H,21,22). The van der Waals surface area contributed by atoms with Gasteiger partial charge in [-0.25, -0.2) is 4.98 Å². The molecule has 0 saturated carbocycles. The molecule has 25 heavy (non-hydrogen) atoms. The first-order valence-electron chi connectivity index (χ1n) is 7.63. The van der Waals surface area contributed by atoms with Gasteiger partial charge in [-0.05, 0) is 24.3 Å². The number of ether oxygens (including phenoxy) is 2.